The lowest BCUT2D eigenvalue weighted by Crippen LogP contribution is -2.42. The molecule has 5 nitrogen and oxygen atoms in total. The molecule has 0 aromatic heterocycles. The highest BCUT2D eigenvalue weighted by Crippen LogP contribution is 2.07. The van der Waals surface area contributed by atoms with E-state index in [1.807, 2.05) is 30.3 Å². The minimum atomic E-state index is -1.12. The summed E-state index contributed by atoms with van der Waals surface area (Å²) in [6.07, 6.45) is 0.896. The molecule has 0 spiro atoms. The fraction of sp³-hybridized carbons (Fsp3) is 0.429. The molecule has 1 rings (SSSR count). The maximum Gasteiger partial charge on any atom is 0.326 e. The lowest BCUT2D eigenvalue weighted by atomic mass is 10.2. The number of hydrogen-bond donors (Lipinski definition) is 3. The minimum absolute atomic E-state index is 0.0236. The lowest BCUT2D eigenvalue weighted by molar-refractivity contribution is -0.141. The van der Waals surface area contributed by atoms with Crippen LogP contribution >= 0.6 is 11.8 Å². The van der Waals surface area contributed by atoms with E-state index in [1.165, 1.54) is 17.3 Å². The van der Waals surface area contributed by atoms with Crippen LogP contribution < -0.4 is 5.32 Å². The van der Waals surface area contributed by atoms with Crippen molar-refractivity contribution in [2.24, 2.45) is 0 Å². The Morgan fingerprint density at radius 2 is 1.95 bits per heavy atom. The number of carboxylic acids is 1. The zero-order chi connectivity index (χ0) is 14.8. The number of aryl methyl sites for hydroxylation is 1. The quantitative estimate of drug-likeness (QED) is 0.590. The standard InChI is InChI=1S/C14H19NO4S/c16-8-6-12(14(18)19)15-13(17)10-20-9-7-11-4-2-1-3-5-11/h1-5,12,16H,6-10H2,(H,15,17)(H,18,19). The summed E-state index contributed by atoms with van der Waals surface area (Å²) in [7, 11) is 0. The molecule has 1 atom stereocenters. The average molecular weight is 297 g/mol. The zero-order valence-electron chi connectivity index (χ0n) is 11.1. The highest BCUT2D eigenvalue weighted by molar-refractivity contribution is 7.99. The number of rotatable bonds is 9. The van der Waals surface area contributed by atoms with Gasteiger partial charge in [0.1, 0.15) is 6.04 Å². The van der Waals surface area contributed by atoms with Gasteiger partial charge in [-0.1, -0.05) is 30.3 Å². The fourth-order valence-corrected chi connectivity index (χ4v) is 2.42. The summed E-state index contributed by atoms with van der Waals surface area (Å²) < 4.78 is 0. The van der Waals surface area contributed by atoms with E-state index in [0.717, 1.165) is 12.2 Å². The van der Waals surface area contributed by atoms with Crippen molar-refractivity contribution in [3.05, 3.63) is 35.9 Å². The third-order valence-corrected chi connectivity index (χ3v) is 3.62. The molecule has 0 heterocycles. The SMILES string of the molecule is O=C(CSCCc1ccccc1)NC(CCO)C(=O)O. The van der Waals surface area contributed by atoms with Crippen molar-refractivity contribution in [3.8, 4) is 0 Å². The minimum Gasteiger partial charge on any atom is -0.480 e. The van der Waals surface area contributed by atoms with Crippen molar-refractivity contribution in [2.75, 3.05) is 18.1 Å². The lowest BCUT2D eigenvalue weighted by Gasteiger charge is -2.12. The van der Waals surface area contributed by atoms with E-state index < -0.39 is 12.0 Å². The second kappa shape index (κ2) is 9.39. The third-order valence-electron chi connectivity index (χ3n) is 2.66. The number of aliphatic hydroxyl groups excluding tert-OH is 1. The maximum atomic E-state index is 11.6. The van der Waals surface area contributed by atoms with Gasteiger partial charge in [0.2, 0.25) is 5.91 Å². The van der Waals surface area contributed by atoms with Crippen LogP contribution in [0.1, 0.15) is 12.0 Å². The van der Waals surface area contributed by atoms with Crippen LogP contribution in [0.2, 0.25) is 0 Å². The number of carboxylic acid groups (broad SMARTS) is 1. The molecule has 20 heavy (non-hydrogen) atoms. The van der Waals surface area contributed by atoms with Crippen LogP contribution in [0.3, 0.4) is 0 Å². The monoisotopic (exact) mass is 297 g/mol. The molecule has 0 radical (unpaired) electrons. The molecule has 0 aliphatic heterocycles. The number of aliphatic hydroxyl groups is 1. The van der Waals surface area contributed by atoms with Crippen molar-refractivity contribution in [1.82, 2.24) is 5.32 Å². The maximum absolute atomic E-state index is 11.6. The van der Waals surface area contributed by atoms with Gasteiger partial charge in [0.25, 0.3) is 0 Å². The summed E-state index contributed by atoms with van der Waals surface area (Å²) >= 11 is 1.46. The van der Waals surface area contributed by atoms with Crippen molar-refractivity contribution in [3.63, 3.8) is 0 Å². The van der Waals surface area contributed by atoms with Crippen LogP contribution in [-0.2, 0) is 16.0 Å². The Kier molecular flexibility index (Phi) is 7.75. The first kappa shape index (κ1) is 16.5. The van der Waals surface area contributed by atoms with E-state index in [1.54, 1.807) is 0 Å². The van der Waals surface area contributed by atoms with E-state index in [-0.39, 0.29) is 24.7 Å². The smallest absolute Gasteiger partial charge is 0.326 e. The average Bonchev–Trinajstić information content (AvgIpc) is 2.44. The Morgan fingerprint density at radius 3 is 2.55 bits per heavy atom. The molecule has 1 aromatic carbocycles. The van der Waals surface area contributed by atoms with E-state index in [4.69, 9.17) is 10.2 Å². The molecule has 0 saturated heterocycles. The second-order valence-corrected chi connectivity index (χ2v) is 5.36. The van der Waals surface area contributed by atoms with Crippen molar-refractivity contribution in [2.45, 2.75) is 18.9 Å². The Balaban J connectivity index is 2.21. The zero-order valence-corrected chi connectivity index (χ0v) is 11.9. The molecule has 1 aromatic rings. The van der Waals surface area contributed by atoms with Gasteiger partial charge in [0, 0.05) is 13.0 Å². The van der Waals surface area contributed by atoms with Crippen LogP contribution in [0.5, 0.6) is 0 Å². The van der Waals surface area contributed by atoms with Gasteiger partial charge in [-0.05, 0) is 17.7 Å². The topological polar surface area (TPSA) is 86.6 Å². The predicted octanol–water partition coefficient (Wildman–Crippen LogP) is 0.914. The summed E-state index contributed by atoms with van der Waals surface area (Å²) in [6, 6.07) is 8.95. The van der Waals surface area contributed by atoms with E-state index in [2.05, 4.69) is 5.32 Å². The van der Waals surface area contributed by atoms with Crippen LogP contribution in [0.15, 0.2) is 30.3 Å². The van der Waals surface area contributed by atoms with Gasteiger partial charge in [0.15, 0.2) is 0 Å². The molecule has 0 bridgehead atoms. The number of benzene rings is 1. The number of nitrogens with one attached hydrogen (secondary N) is 1. The Hall–Kier alpha value is -1.53. The van der Waals surface area contributed by atoms with Crippen LogP contribution in [0.25, 0.3) is 0 Å². The van der Waals surface area contributed by atoms with Gasteiger partial charge in [-0.2, -0.15) is 11.8 Å². The van der Waals surface area contributed by atoms with Gasteiger partial charge >= 0.3 is 5.97 Å². The van der Waals surface area contributed by atoms with Crippen molar-refractivity contribution in [1.29, 1.82) is 0 Å². The van der Waals surface area contributed by atoms with Crippen LogP contribution in [0, 0.1) is 0 Å². The largest absolute Gasteiger partial charge is 0.480 e. The summed E-state index contributed by atoms with van der Waals surface area (Å²) in [5.74, 6) is -0.414. The fourth-order valence-electron chi connectivity index (χ4n) is 1.62. The number of carbonyl (C=O) groups excluding carboxylic acids is 1. The molecule has 1 amide bonds. The van der Waals surface area contributed by atoms with Gasteiger partial charge in [0.05, 0.1) is 5.75 Å². The summed E-state index contributed by atoms with van der Waals surface area (Å²) in [5.41, 5.74) is 1.21. The highest BCUT2D eigenvalue weighted by Gasteiger charge is 2.18. The number of hydrogen-bond acceptors (Lipinski definition) is 4. The molecule has 0 aliphatic rings. The normalized spacial score (nSPS) is 11.8. The molecule has 6 heteroatoms. The molecule has 0 aliphatic carbocycles. The van der Waals surface area contributed by atoms with Gasteiger partial charge in [-0.15, -0.1) is 0 Å². The van der Waals surface area contributed by atoms with Gasteiger partial charge < -0.3 is 15.5 Å². The van der Waals surface area contributed by atoms with E-state index >= 15 is 0 Å². The summed E-state index contributed by atoms with van der Waals surface area (Å²) in [6.45, 7) is -0.265. The summed E-state index contributed by atoms with van der Waals surface area (Å²) in [4.78, 5) is 22.4. The first-order chi connectivity index (χ1) is 9.63. The van der Waals surface area contributed by atoms with Crippen LogP contribution in [-0.4, -0.2) is 46.2 Å². The molecule has 1 unspecified atom stereocenters. The third kappa shape index (κ3) is 6.58. The Morgan fingerprint density at radius 1 is 1.25 bits per heavy atom. The van der Waals surface area contributed by atoms with Crippen LogP contribution in [0.4, 0.5) is 0 Å². The molecule has 0 saturated carbocycles. The highest BCUT2D eigenvalue weighted by atomic mass is 32.2. The molecule has 3 N–H and O–H groups in total. The first-order valence-electron chi connectivity index (χ1n) is 6.38. The number of thioether (sulfide) groups is 1. The Bertz CT molecular complexity index is 424. The Labute approximate surface area is 122 Å². The van der Waals surface area contributed by atoms with E-state index in [0.29, 0.717) is 0 Å². The molecule has 0 fully saturated rings. The van der Waals surface area contributed by atoms with Crippen molar-refractivity contribution < 1.29 is 19.8 Å². The summed E-state index contributed by atoms with van der Waals surface area (Å²) in [5, 5.41) is 20.0. The number of carbonyl (C=O) groups is 2. The molecular formula is C14H19NO4S. The second-order valence-electron chi connectivity index (χ2n) is 4.26. The van der Waals surface area contributed by atoms with E-state index in [9.17, 15) is 9.59 Å². The van der Waals surface area contributed by atoms with Crippen molar-refractivity contribution >= 4 is 23.6 Å². The number of amides is 1. The molecular weight excluding hydrogens is 278 g/mol. The molecule has 110 valence electrons. The number of aliphatic carboxylic acids is 1. The predicted molar refractivity (Wildman–Crippen MR) is 78.7 cm³/mol. The van der Waals surface area contributed by atoms with Gasteiger partial charge in [-0.25, -0.2) is 4.79 Å². The first-order valence-corrected chi connectivity index (χ1v) is 7.53. The van der Waals surface area contributed by atoms with Gasteiger partial charge in [-0.3, -0.25) is 4.79 Å².